The molecule has 7 heteroatoms. The third-order valence-corrected chi connectivity index (χ3v) is 4.19. The zero-order chi connectivity index (χ0) is 17.8. The van der Waals surface area contributed by atoms with Crippen LogP contribution in [0.25, 0.3) is 10.8 Å². The van der Waals surface area contributed by atoms with E-state index in [9.17, 15) is 19.5 Å². The third-order valence-electron chi connectivity index (χ3n) is 4.19. The molecule has 25 heavy (non-hydrogen) atoms. The molecule has 0 radical (unpaired) electrons. The summed E-state index contributed by atoms with van der Waals surface area (Å²) in [7, 11) is 0. The summed E-state index contributed by atoms with van der Waals surface area (Å²) in [4.78, 5) is 36.9. The molecule has 0 spiro atoms. The van der Waals surface area contributed by atoms with Crippen molar-refractivity contribution in [2.75, 3.05) is 32.8 Å². The molecule has 1 fully saturated rings. The third kappa shape index (κ3) is 3.71. The SMILES string of the molecule is O=C([O-])C(=O)N1CCN(C(=O)COc2cccc3ccccc23)CC1. The van der Waals surface area contributed by atoms with Gasteiger partial charge in [-0.2, -0.15) is 0 Å². The summed E-state index contributed by atoms with van der Waals surface area (Å²) in [6, 6.07) is 13.4. The molecule has 1 saturated heterocycles. The number of carboxylic acid groups (broad SMARTS) is 1. The average molecular weight is 341 g/mol. The second-order valence-electron chi connectivity index (χ2n) is 5.73. The molecule has 3 rings (SSSR count). The topological polar surface area (TPSA) is 90.0 Å². The molecule has 0 bridgehead atoms. The number of carboxylic acids is 1. The Bertz CT molecular complexity index is 807. The van der Waals surface area contributed by atoms with Crippen LogP contribution in [0.15, 0.2) is 42.5 Å². The first-order valence-corrected chi connectivity index (χ1v) is 7.95. The molecule has 2 aromatic rings. The van der Waals surface area contributed by atoms with Crippen molar-refractivity contribution in [1.82, 2.24) is 9.80 Å². The van der Waals surface area contributed by atoms with E-state index in [4.69, 9.17) is 4.74 Å². The van der Waals surface area contributed by atoms with Crippen molar-refractivity contribution in [2.45, 2.75) is 0 Å². The maximum atomic E-state index is 12.3. The Morgan fingerprint density at radius 2 is 1.56 bits per heavy atom. The van der Waals surface area contributed by atoms with Crippen molar-refractivity contribution in [3.8, 4) is 5.75 Å². The van der Waals surface area contributed by atoms with Gasteiger partial charge in [0, 0.05) is 31.6 Å². The van der Waals surface area contributed by atoms with E-state index in [1.54, 1.807) is 4.90 Å². The normalized spacial score (nSPS) is 14.4. The predicted molar refractivity (Wildman–Crippen MR) is 87.6 cm³/mol. The predicted octanol–water partition coefficient (Wildman–Crippen LogP) is -0.361. The van der Waals surface area contributed by atoms with Gasteiger partial charge in [0.15, 0.2) is 6.61 Å². The lowest BCUT2D eigenvalue weighted by Crippen LogP contribution is -2.55. The molecule has 0 unspecified atom stereocenters. The monoisotopic (exact) mass is 341 g/mol. The van der Waals surface area contributed by atoms with Crippen LogP contribution in [0.5, 0.6) is 5.75 Å². The molecule has 0 aliphatic carbocycles. The lowest BCUT2D eigenvalue weighted by atomic mass is 10.1. The maximum Gasteiger partial charge on any atom is 0.269 e. The van der Waals surface area contributed by atoms with E-state index in [1.807, 2.05) is 42.5 Å². The minimum atomic E-state index is -1.72. The number of benzene rings is 2. The highest BCUT2D eigenvalue weighted by Gasteiger charge is 2.24. The Kier molecular flexibility index (Phi) is 4.83. The zero-order valence-electron chi connectivity index (χ0n) is 13.5. The molecule has 2 aromatic carbocycles. The van der Waals surface area contributed by atoms with E-state index in [0.29, 0.717) is 5.75 Å². The van der Waals surface area contributed by atoms with Gasteiger partial charge in [-0.1, -0.05) is 36.4 Å². The van der Waals surface area contributed by atoms with Gasteiger partial charge < -0.3 is 24.4 Å². The molecular formula is C18H17N2O5-. The standard InChI is InChI=1S/C18H18N2O5/c21-16(19-8-10-20(11-9-19)17(22)18(23)24)12-25-15-7-3-5-13-4-1-2-6-14(13)15/h1-7H,8-12H2,(H,23,24)/p-1. The fraction of sp³-hybridized carbons (Fsp3) is 0.278. The second-order valence-corrected chi connectivity index (χ2v) is 5.73. The Balaban J connectivity index is 1.57. The van der Waals surface area contributed by atoms with Crippen molar-refractivity contribution < 1.29 is 24.2 Å². The number of carbonyl (C=O) groups is 3. The fourth-order valence-corrected chi connectivity index (χ4v) is 2.84. The zero-order valence-corrected chi connectivity index (χ0v) is 13.5. The summed E-state index contributed by atoms with van der Waals surface area (Å²) in [5, 5.41) is 12.5. The smallest absolute Gasteiger partial charge is 0.269 e. The highest BCUT2D eigenvalue weighted by Crippen LogP contribution is 2.25. The van der Waals surface area contributed by atoms with Crippen LogP contribution in [0.4, 0.5) is 0 Å². The molecule has 0 aromatic heterocycles. The van der Waals surface area contributed by atoms with Crippen LogP contribution in [-0.4, -0.2) is 60.4 Å². The Hall–Kier alpha value is -3.09. The van der Waals surface area contributed by atoms with Crippen molar-refractivity contribution in [3.63, 3.8) is 0 Å². The number of rotatable bonds is 3. The van der Waals surface area contributed by atoms with Gasteiger partial charge >= 0.3 is 0 Å². The van der Waals surface area contributed by atoms with Crippen LogP contribution < -0.4 is 9.84 Å². The van der Waals surface area contributed by atoms with Gasteiger partial charge in [-0.15, -0.1) is 0 Å². The number of amides is 2. The lowest BCUT2D eigenvalue weighted by molar-refractivity contribution is -0.301. The number of ether oxygens (including phenoxy) is 1. The Labute approximate surface area is 144 Å². The average Bonchev–Trinajstić information content (AvgIpc) is 2.65. The molecule has 0 atom stereocenters. The van der Waals surface area contributed by atoms with E-state index >= 15 is 0 Å². The number of aliphatic carboxylic acids is 1. The molecule has 1 aliphatic heterocycles. The van der Waals surface area contributed by atoms with E-state index in [2.05, 4.69) is 0 Å². The summed E-state index contributed by atoms with van der Waals surface area (Å²) in [6.45, 7) is 0.787. The molecule has 1 aliphatic rings. The number of nitrogens with zero attached hydrogens (tertiary/aromatic N) is 2. The van der Waals surface area contributed by atoms with Crippen LogP contribution >= 0.6 is 0 Å². The molecule has 130 valence electrons. The molecular weight excluding hydrogens is 324 g/mol. The van der Waals surface area contributed by atoms with Crippen LogP contribution in [0.3, 0.4) is 0 Å². The number of piperazine rings is 1. The van der Waals surface area contributed by atoms with Crippen molar-refractivity contribution in [2.24, 2.45) is 0 Å². The van der Waals surface area contributed by atoms with Gasteiger partial charge in [0.1, 0.15) is 11.7 Å². The summed E-state index contributed by atoms with van der Waals surface area (Å²) < 4.78 is 5.67. The quantitative estimate of drug-likeness (QED) is 0.711. The Morgan fingerprint density at radius 3 is 2.28 bits per heavy atom. The van der Waals surface area contributed by atoms with Gasteiger partial charge in [0.05, 0.1) is 0 Å². The van der Waals surface area contributed by atoms with Crippen LogP contribution in [-0.2, 0) is 14.4 Å². The van der Waals surface area contributed by atoms with E-state index in [-0.39, 0.29) is 38.7 Å². The summed E-state index contributed by atoms with van der Waals surface area (Å²) >= 11 is 0. The molecule has 0 saturated carbocycles. The number of hydrogen-bond donors (Lipinski definition) is 0. The first-order chi connectivity index (χ1) is 12.1. The highest BCUT2D eigenvalue weighted by molar-refractivity contribution is 6.30. The first-order valence-electron chi connectivity index (χ1n) is 7.95. The number of fused-ring (bicyclic) bond motifs is 1. The van der Waals surface area contributed by atoms with E-state index < -0.39 is 11.9 Å². The Morgan fingerprint density at radius 1 is 0.920 bits per heavy atom. The lowest BCUT2D eigenvalue weighted by Gasteiger charge is -2.34. The minimum absolute atomic E-state index is 0.109. The van der Waals surface area contributed by atoms with Gasteiger partial charge in [-0.05, 0) is 11.5 Å². The molecule has 2 amide bonds. The molecule has 7 nitrogen and oxygen atoms in total. The summed E-state index contributed by atoms with van der Waals surface area (Å²) in [5.41, 5.74) is 0. The van der Waals surface area contributed by atoms with Gasteiger partial charge in [-0.3, -0.25) is 9.59 Å². The highest BCUT2D eigenvalue weighted by atomic mass is 16.5. The summed E-state index contributed by atoms with van der Waals surface area (Å²) in [6.07, 6.45) is 0. The second kappa shape index (κ2) is 7.21. The van der Waals surface area contributed by atoms with Crippen LogP contribution in [0.2, 0.25) is 0 Å². The van der Waals surface area contributed by atoms with E-state index in [1.165, 1.54) is 4.90 Å². The fourth-order valence-electron chi connectivity index (χ4n) is 2.84. The number of carbonyl (C=O) groups excluding carboxylic acids is 3. The van der Waals surface area contributed by atoms with Gasteiger partial charge in [0.25, 0.3) is 11.8 Å². The van der Waals surface area contributed by atoms with Crippen molar-refractivity contribution in [1.29, 1.82) is 0 Å². The van der Waals surface area contributed by atoms with Crippen LogP contribution in [0.1, 0.15) is 0 Å². The number of hydrogen-bond acceptors (Lipinski definition) is 5. The summed E-state index contributed by atoms with van der Waals surface area (Å²) in [5.74, 6) is -2.33. The minimum Gasteiger partial charge on any atom is -0.540 e. The first kappa shape index (κ1) is 16.8. The van der Waals surface area contributed by atoms with Crippen LogP contribution in [0, 0.1) is 0 Å². The largest absolute Gasteiger partial charge is 0.540 e. The maximum absolute atomic E-state index is 12.3. The van der Waals surface area contributed by atoms with Crippen molar-refractivity contribution in [3.05, 3.63) is 42.5 Å². The van der Waals surface area contributed by atoms with Gasteiger partial charge in [-0.25, -0.2) is 0 Å². The van der Waals surface area contributed by atoms with Crippen molar-refractivity contribution >= 4 is 28.6 Å². The van der Waals surface area contributed by atoms with Gasteiger partial charge in [0.2, 0.25) is 0 Å². The van der Waals surface area contributed by atoms with E-state index in [0.717, 1.165) is 10.8 Å². The molecule has 1 heterocycles. The molecule has 0 N–H and O–H groups in total.